The van der Waals surface area contributed by atoms with Crippen LogP contribution in [0.25, 0.3) is 0 Å². The summed E-state index contributed by atoms with van der Waals surface area (Å²) in [5, 5.41) is 7.11. The van der Waals surface area contributed by atoms with Gasteiger partial charge in [-0.1, -0.05) is 24.3 Å². The highest BCUT2D eigenvalue weighted by Crippen LogP contribution is 2.12. The molecule has 0 spiro atoms. The maximum absolute atomic E-state index is 5.21. The van der Waals surface area contributed by atoms with Gasteiger partial charge in [-0.15, -0.1) is 0 Å². The van der Waals surface area contributed by atoms with Crippen LogP contribution in [0.3, 0.4) is 0 Å². The molecule has 2 aromatic rings. The zero-order chi connectivity index (χ0) is 22.4. The Hall–Kier alpha value is -2.12. The van der Waals surface area contributed by atoms with Crippen molar-refractivity contribution in [1.29, 1.82) is 0 Å². The molecule has 2 aromatic carbocycles. The molecule has 0 aliphatic carbocycles. The molecule has 1 fully saturated rings. The van der Waals surface area contributed by atoms with E-state index in [1.54, 1.807) is 14.2 Å². The summed E-state index contributed by atoms with van der Waals surface area (Å²) in [7, 11) is 3.41. The lowest BCUT2D eigenvalue weighted by molar-refractivity contribution is 0.130. The zero-order valence-corrected chi connectivity index (χ0v) is 19.8. The smallest absolute Gasteiger partial charge is 0.118 e. The summed E-state index contributed by atoms with van der Waals surface area (Å²) in [5.41, 5.74) is 2.61. The number of benzene rings is 2. The van der Waals surface area contributed by atoms with Crippen LogP contribution in [-0.4, -0.2) is 76.4 Å². The molecule has 6 nitrogen and oxygen atoms in total. The second-order valence-corrected chi connectivity index (χ2v) is 8.44. The molecule has 0 aromatic heterocycles. The number of rotatable bonds is 14. The Bertz CT molecular complexity index is 678. The number of hydrogen-bond acceptors (Lipinski definition) is 6. The topological polar surface area (TPSA) is 49.0 Å². The third-order valence-electron chi connectivity index (χ3n) is 6.10. The molecule has 1 heterocycles. The molecule has 0 amide bonds. The maximum Gasteiger partial charge on any atom is 0.118 e. The van der Waals surface area contributed by atoms with Gasteiger partial charge in [0, 0.05) is 39.3 Å². The lowest BCUT2D eigenvalue weighted by atomic mass is 10.2. The Morgan fingerprint density at radius 2 is 1.00 bits per heavy atom. The largest absolute Gasteiger partial charge is 0.497 e. The van der Waals surface area contributed by atoms with Crippen LogP contribution >= 0.6 is 0 Å². The van der Waals surface area contributed by atoms with Crippen molar-refractivity contribution in [2.45, 2.75) is 25.9 Å². The average Bonchev–Trinajstić information content (AvgIpc) is 2.85. The second kappa shape index (κ2) is 14.1. The monoisotopic (exact) mass is 440 g/mol. The summed E-state index contributed by atoms with van der Waals surface area (Å²) < 4.78 is 10.4. The molecule has 3 rings (SSSR count). The van der Waals surface area contributed by atoms with E-state index in [-0.39, 0.29) is 0 Å². The number of hydrogen-bond donors (Lipinski definition) is 2. The lowest BCUT2D eigenvalue weighted by Gasteiger charge is -2.34. The summed E-state index contributed by atoms with van der Waals surface area (Å²) in [5.74, 6) is 1.83. The first-order chi connectivity index (χ1) is 15.8. The van der Waals surface area contributed by atoms with Crippen LogP contribution in [0.4, 0.5) is 0 Å². The van der Waals surface area contributed by atoms with Crippen LogP contribution in [0, 0.1) is 0 Å². The summed E-state index contributed by atoms with van der Waals surface area (Å²) in [6.07, 6.45) is 2.40. The standard InChI is InChI=1S/C26H40N4O2/c1-31-25-9-5-23(6-10-25)21-27-13-3-15-29-17-19-30(20-18-29)16-4-14-28-22-24-7-11-26(32-2)12-8-24/h5-12,27-28H,3-4,13-22H2,1-2H3. The highest BCUT2D eigenvalue weighted by atomic mass is 16.5. The van der Waals surface area contributed by atoms with Gasteiger partial charge in [-0.25, -0.2) is 0 Å². The molecular weight excluding hydrogens is 400 g/mol. The van der Waals surface area contributed by atoms with Crippen molar-refractivity contribution in [3.8, 4) is 11.5 Å². The van der Waals surface area contributed by atoms with Gasteiger partial charge >= 0.3 is 0 Å². The van der Waals surface area contributed by atoms with E-state index in [0.29, 0.717) is 0 Å². The molecule has 0 bridgehead atoms. The van der Waals surface area contributed by atoms with Crippen LogP contribution in [0.2, 0.25) is 0 Å². The summed E-state index contributed by atoms with van der Waals surface area (Å²) in [6.45, 7) is 11.1. The minimum Gasteiger partial charge on any atom is -0.497 e. The SMILES string of the molecule is COc1ccc(CNCCCN2CCN(CCCNCc3ccc(OC)cc3)CC2)cc1. The molecule has 1 aliphatic rings. The fourth-order valence-electron chi connectivity index (χ4n) is 4.04. The summed E-state index contributed by atoms with van der Waals surface area (Å²) in [4.78, 5) is 5.21. The van der Waals surface area contributed by atoms with Crippen LogP contribution < -0.4 is 20.1 Å². The van der Waals surface area contributed by atoms with E-state index in [1.165, 1.54) is 63.2 Å². The number of methoxy groups -OCH3 is 2. The van der Waals surface area contributed by atoms with Gasteiger partial charge in [-0.05, 0) is 74.4 Å². The first-order valence-corrected chi connectivity index (χ1v) is 11.9. The molecule has 0 atom stereocenters. The Labute approximate surface area is 193 Å². The number of piperazine rings is 1. The van der Waals surface area contributed by atoms with E-state index >= 15 is 0 Å². The Morgan fingerprint density at radius 3 is 1.34 bits per heavy atom. The molecule has 6 heteroatoms. The fraction of sp³-hybridized carbons (Fsp3) is 0.538. The van der Waals surface area contributed by atoms with Gasteiger partial charge in [0.1, 0.15) is 11.5 Å². The van der Waals surface area contributed by atoms with Crippen molar-refractivity contribution in [2.24, 2.45) is 0 Å². The molecule has 0 saturated carbocycles. The van der Waals surface area contributed by atoms with Crippen LogP contribution in [0.15, 0.2) is 48.5 Å². The molecule has 1 aliphatic heterocycles. The van der Waals surface area contributed by atoms with Gasteiger partial charge in [0.15, 0.2) is 0 Å². The fourth-order valence-corrected chi connectivity index (χ4v) is 4.04. The second-order valence-electron chi connectivity index (χ2n) is 8.44. The van der Waals surface area contributed by atoms with Gasteiger partial charge in [-0.3, -0.25) is 0 Å². The highest BCUT2D eigenvalue weighted by Gasteiger charge is 2.15. The molecule has 1 saturated heterocycles. The van der Waals surface area contributed by atoms with E-state index < -0.39 is 0 Å². The van der Waals surface area contributed by atoms with Crippen molar-refractivity contribution in [3.05, 3.63) is 59.7 Å². The van der Waals surface area contributed by atoms with Crippen LogP contribution in [0.5, 0.6) is 11.5 Å². The van der Waals surface area contributed by atoms with E-state index in [2.05, 4.69) is 44.7 Å². The molecule has 176 valence electrons. The number of nitrogens with one attached hydrogen (secondary N) is 2. The average molecular weight is 441 g/mol. The molecule has 2 N–H and O–H groups in total. The van der Waals surface area contributed by atoms with E-state index in [9.17, 15) is 0 Å². The van der Waals surface area contributed by atoms with Gasteiger partial charge in [0.2, 0.25) is 0 Å². The lowest BCUT2D eigenvalue weighted by Crippen LogP contribution is -2.47. The molecule has 0 radical (unpaired) electrons. The maximum atomic E-state index is 5.21. The van der Waals surface area contributed by atoms with Gasteiger partial charge in [-0.2, -0.15) is 0 Å². The molecule has 32 heavy (non-hydrogen) atoms. The van der Waals surface area contributed by atoms with Crippen molar-refractivity contribution in [1.82, 2.24) is 20.4 Å². The van der Waals surface area contributed by atoms with Crippen LogP contribution in [0.1, 0.15) is 24.0 Å². The van der Waals surface area contributed by atoms with Gasteiger partial charge in [0.25, 0.3) is 0 Å². The van der Waals surface area contributed by atoms with Gasteiger partial charge < -0.3 is 29.9 Å². The normalized spacial score (nSPS) is 15.1. The quantitative estimate of drug-likeness (QED) is 0.441. The zero-order valence-electron chi connectivity index (χ0n) is 19.8. The summed E-state index contributed by atoms with van der Waals surface area (Å²) in [6, 6.07) is 16.6. The Balaban J connectivity index is 1.16. The van der Waals surface area contributed by atoms with E-state index in [0.717, 1.165) is 37.7 Å². The first kappa shape index (κ1) is 24.5. The predicted octanol–water partition coefficient (Wildman–Crippen LogP) is 2.98. The molecular formula is C26H40N4O2. The predicted molar refractivity (Wildman–Crippen MR) is 132 cm³/mol. The van der Waals surface area contributed by atoms with Crippen LogP contribution in [-0.2, 0) is 13.1 Å². The number of ether oxygens (including phenoxy) is 2. The number of nitrogens with zero attached hydrogens (tertiary/aromatic N) is 2. The van der Waals surface area contributed by atoms with Gasteiger partial charge in [0.05, 0.1) is 14.2 Å². The van der Waals surface area contributed by atoms with Crippen molar-refractivity contribution < 1.29 is 9.47 Å². The van der Waals surface area contributed by atoms with Crippen molar-refractivity contribution >= 4 is 0 Å². The summed E-state index contributed by atoms with van der Waals surface area (Å²) >= 11 is 0. The van der Waals surface area contributed by atoms with Crippen molar-refractivity contribution in [3.63, 3.8) is 0 Å². The third kappa shape index (κ3) is 8.79. The Morgan fingerprint density at radius 1 is 0.625 bits per heavy atom. The minimum absolute atomic E-state index is 0.915. The van der Waals surface area contributed by atoms with E-state index in [1.807, 2.05) is 24.3 Å². The first-order valence-electron chi connectivity index (χ1n) is 11.9. The highest BCUT2D eigenvalue weighted by molar-refractivity contribution is 5.27. The Kier molecular flexibility index (Phi) is 10.8. The van der Waals surface area contributed by atoms with Crippen molar-refractivity contribution in [2.75, 3.05) is 66.6 Å². The minimum atomic E-state index is 0.915. The van der Waals surface area contributed by atoms with E-state index in [4.69, 9.17) is 9.47 Å². The third-order valence-corrected chi connectivity index (χ3v) is 6.10. The molecule has 0 unspecified atom stereocenters.